The van der Waals surface area contributed by atoms with E-state index in [-0.39, 0.29) is 0 Å². The number of nitrogens with zero attached hydrogens (tertiary/aromatic N) is 5. The van der Waals surface area contributed by atoms with E-state index in [2.05, 4.69) is 93.5 Å². The lowest BCUT2D eigenvalue weighted by atomic mass is 10.1. The zero-order chi connectivity index (χ0) is 29.1. The van der Waals surface area contributed by atoms with E-state index in [4.69, 9.17) is 28.2 Å². The van der Waals surface area contributed by atoms with Crippen LogP contribution >= 0.6 is 23.2 Å². The lowest BCUT2D eigenvalue weighted by Gasteiger charge is -2.16. The summed E-state index contributed by atoms with van der Waals surface area (Å²) < 4.78 is 4.52. The first-order valence-electron chi connectivity index (χ1n) is 14.5. The Bertz CT molecular complexity index is 1800. The predicted octanol–water partition coefficient (Wildman–Crippen LogP) is 8.69. The number of halogens is 2. The Morgan fingerprint density at radius 3 is 1.98 bits per heavy atom. The molecule has 1 aliphatic heterocycles. The van der Waals surface area contributed by atoms with Crippen molar-refractivity contribution < 1.29 is 0 Å². The maximum absolute atomic E-state index is 6.01. The second-order valence-electron chi connectivity index (χ2n) is 11.1. The van der Waals surface area contributed by atoms with E-state index in [0.29, 0.717) is 0 Å². The molecule has 3 heterocycles. The Kier molecular flexibility index (Phi) is 8.61. The van der Waals surface area contributed by atoms with Crippen molar-refractivity contribution in [2.75, 3.05) is 13.1 Å². The summed E-state index contributed by atoms with van der Waals surface area (Å²) in [7, 11) is 0. The Hall–Kier alpha value is -3.64. The van der Waals surface area contributed by atoms with Crippen molar-refractivity contribution in [3.63, 3.8) is 0 Å². The minimum Gasteiger partial charge on any atom is -0.326 e. The highest BCUT2D eigenvalue weighted by molar-refractivity contribution is 6.30. The summed E-state index contributed by atoms with van der Waals surface area (Å²) >= 11 is 11.9. The van der Waals surface area contributed by atoms with Crippen LogP contribution in [-0.2, 0) is 19.6 Å². The van der Waals surface area contributed by atoms with E-state index >= 15 is 0 Å². The predicted molar refractivity (Wildman–Crippen MR) is 175 cm³/mol. The van der Waals surface area contributed by atoms with Gasteiger partial charge in [-0.15, -0.1) is 0 Å². The highest BCUT2D eigenvalue weighted by atomic mass is 35.5. The molecule has 0 radical (unpaired) electrons. The van der Waals surface area contributed by atoms with Gasteiger partial charge in [0.1, 0.15) is 5.82 Å². The van der Waals surface area contributed by atoms with Gasteiger partial charge in [-0.1, -0.05) is 59.6 Å². The highest BCUT2D eigenvalue weighted by Crippen LogP contribution is 2.22. The average Bonchev–Trinajstić information content (AvgIpc) is 3.73. The number of imidazole rings is 2. The third kappa shape index (κ3) is 6.54. The second-order valence-corrected chi connectivity index (χ2v) is 12.0. The number of hydrogen-bond acceptors (Lipinski definition) is 3. The van der Waals surface area contributed by atoms with Gasteiger partial charge in [-0.3, -0.25) is 4.90 Å². The third-order valence-electron chi connectivity index (χ3n) is 8.05. The van der Waals surface area contributed by atoms with Crippen LogP contribution in [0.5, 0.6) is 0 Å². The van der Waals surface area contributed by atoms with E-state index in [1.54, 1.807) is 0 Å². The molecule has 6 aromatic rings. The molecule has 0 saturated carbocycles. The maximum Gasteiger partial charge on any atom is 0.124 e. The van der Waals surface area contributed by atoms with E-state index < -0.39 is 0 Å². The molecule has 2 aromatic heterocycles. The van der Waals surface area contributed by atoms with E-state index in [9.17, 15) is 0 Å². The van der Waals surface area contributed by atoms with Gasteiger partial charge in [-0.05, 0) is 111 Å². The normalized spacial score (nSPS) is 13.5. The fourth-order valence-electron chi connectivity index (χ4n) is 5.56. The molecule has 7 rings (SSSR count). The van der Waals surface area contributed by atoms with Crippen LogP contribution in [-0.4, -0.2) is 37.1 Å². The number of rotatable bonds is 6. The number of fused-ring (bicyclic) bond motifs is 2. The number of benzene rings is 4. The summed E-state index contributed by atoms with van der Waals surface area (Å²) in [6.07, 6.45) is 4.51. The van der Waals surface area contributed by atoms with Crippen LogP contribution in [0.25, 0.3) is 22.1 Å². The van der Waals surface area contributed by atoms with E-state index in [1.165, 1.54) is 59.2 Å². The van der Waals surface area contributed by atoms with Gasteiger partial charge in [0.15, 0.2) is 0 Å². The Balaban J connectivity index is 0.000000153. The number of hydrogen-bond donors (Lipinski definition) is 0. The van der Waals surface area contributed by atoms with Gasteiger partial charge in [0, 0.05) is 23.1 Å². The summed E-state index contributed by atoms with van der Waals surface area (Å²) in [5, 5.41) is 1.55. The fourth-order valence-corrected chi connectivity index (χ4v) is 5.81. The monoisotopic (exact) mass is 595 g/mol. The first kappa shape index (κ1) is 28.5. The third-order valence-corrected chi connectivity index (χ3v) is 8.56. The number of para-hydroxylation sites is 2. The molecule has 5 nitrogen and oxygen atoms in total. The molecule has 0 N–H and O–H groups in total. The highest BCUT2D eigenvalue weighted by Gasteiger charge is 2.17. The molecule has 7 heteroatoms. The van der Waals surface area contributed by atoms with Crippen LogP contribution in [0.2, 0.25) is 10.0 Å². The van der Waals surface area contributed by atoms with Crippen molar-refractivity contribution in [1.29, 1.82) is 0 Å². The minimum atomic E-state index is 0.769. The minimum absolute atomic E-state index is 0.769. The zero-order valence-electron chi connectivity index (χ0n) is 24.1. The average molecular weight is 597 g/mol. The van der Waals surface area contributed by atoms with Crippen LogP contribution in [0.4, 0.5) is 0 Å². The molecule has 42 heavy (non-hydrogen) atoms. The summed E-state index contributed by atoms with van der Waals surface area (Å²) in [5.41, 5.74) is 9.57. The standard InChI is InChI=1S/C19H20ClN3.C16H15ClN2/c20-16-9-7-15(8-10-16)13-23-18-6-2-1-5-17(18)21-19(23)14-22-11-3-4-12-22;1-11-7-15-16(8-12(11)2)19(10-18-15)9-13-3-5-14(17)6-4-13/h1-2,5-10H,3-4,11-14H2;3-8,10H,9H2,1-2H3. The van der Waals surface area contributed by atoms with E-state index in [1.807, 2.05) is 30.6 Å². The fraction of sp³-hybridized carbons (Fsp3) is 0.257. The van der Waals surface area contributed by atoms with Crippen LogP contribution in [0.1, 0.15) is 40.9 Å². The zero-order valence-corrected chi connectivity index (χ0v) is 25.6. The Morgan fingerprint density at radius 2 is 1.29 bits per heavy atom. The molecule has 0 bridgehead atoms. The first-order valence-corrected chi connectivity index (χ1v) is 15.3. The Labute approximate surface area is 257 Å². The Morgan fingerprint density at radius 1 is 0.667 bits per heavy atom. The van der Waals surface area contributed by atoms with Gasteiger partial charge in [0.2, 0.25) is 0 Å². The first-order chi connectivity index (χ1) is 20.4. The summed E-state index contributed by atoms with van der Waals surface area (Å²) in [6, 6.07) is 28.8. The lowest BCUT2D eigenvalue weighted by molar-refractivity contribution is 0.318. The number of aryl methyl sites for hydroxylation is 2. The molecule has 1 aliphatic rings. The van der Waals surface area contributed by atoms with Gasteiger partial charge in [-0.2, -0.15) is 0 Å². The molecule has 0 atom stereocenters. The quantitative estimate of drug-likeness (QED) is 0.193. The van der Waals surface area contributed by atoms with E-state index in [0.717, 1.165) is 46.5 Å². The van der Waals surface area contributed by atoms with Crippen molar-refractivity contribution in [2.45, 2.75) is 46.3 Å². The molecule has 0 aliphatic carbocycles. The molecular weight excluding hydrogens is 561 g/mol. The summed E-state index contributed by atoms with van der Waals surface area (Å²) in [5.74, 6) is 1.16. The van der Waals surface area contributed by atoms with Gasteiger partial charge in [0.05, 0.1) is 34.9 Å². The number of aromatic nitrogens is 4. The van der Waals surface area contributed by atoms with Gasteiger partial charge < -0.3 is 9.13 Å². The second kappa shape index (κ2) is 12.7. The summed E-state index contributed by atoms with van der Waals surface area (Å²) in [6.45, 7) is 9.20. The van der Waals surface area contributed by atoms with Crippen molar-refractivity contribution in [3.05, 3.63) is 129 Å². The molecular formula is C35H35Cl2N5. The van der Waals surface area contributed by atoms with Crippen LogP contribution in [0, 0.1) is 13.8 Å². The largest absolute Gasteiger partial charge is 0.326 e. The summed E-state index contributed by atoms with van der Waals surface area (Å²) in [4.78, 5) is 11.9. The van der Waals surface area contributed by atoms with Crippen molar-refractivity contribution >= 4 is 45.3 Å². The maximum atomic E-state index is 6.01. The topological polar surface area (TPSA) is 38.9 Å². The molecule has 0 unspecified atom stereocenters. The van der Waals surface area contributed by atoms with Crippen LogP contribution < -0.4 is 0 Å². The SMILES string of the molecule is Cc1cc2ncn(Cc3ccc(Cl)cc3)c2cc1C.Clc1ccc(Cn2c(CN3CCCC3)nc3ccccc32)cc1. The number of likely N-dealkylation sites (tertiary alicyclic amines) is 1. The smallest absolute Gasteiger partial charge is 0.124 e. The molecule has 1 fully saturated rings. The molecule has 214 valence electrons. The van der Waals surface area contributed by atoms with Gasteiger partial charge in [0.25, 0.3) is 0 Å². The van der Waals surface area contributed by atoms with Crippen LogP contribution in [0.3, 0.4) is 0 Å². The van der Waals surface area contributed by atoms with Gasteiger partial charge in [-0.25, -0.2) is 9.97 Å². The molecule has 4 aromatic carbocycles. The van der Waals surface area contributed by atoms with Crippen molar-refractivity contribution in [2.24, 2.45) is 0 Å². The van der Waals surface area contributed by atoms with Crippen molar-refractivity contribution in [1.82, 2.24) is 24.0 Å². The molecule has 0 amide bonds. The van der Waals surface area contributed by atoms with Crippen molar-refractivity contribution in [3.8, 4) is 0 Å². The van der Waals surface area contributed by atoms with Gasteiger partial charge >= 0.3 is 0 Å². The lowest BCUT2D eigenvalue weighted by Crippen LogP contribution is -2.21. The van der Waals surface area contributed by atoms with Crippen LogP contribution in [0.15, 0.2) is 91.3 Å². The molecule has 1 saturated heterocycles. The molecule has 0 spiro atoms.